The topological polar surface area (TPSA) is 98.3 Å². The van der Waals surface area contributed by atoms with Gasteiger partial charge in [0.25, 0.3) is 5.91 Å². The maximum absolute atomic E-state index is 12.1. The number of aromatic nitrogens is 1. The molecular weight excluding hydrogens is 330 g/mol. The first kappa shape index (κ1) is 15.9. The Labute approximate surface area is 141 Å². The van der Waals surface area contributed by atoms with Crippen molar-refractivity contribution in [3.05, 3.63) is 63.0 Å². The molecule has 3 aromatic rings. The molecular formula is C16H13N3O4S. The summed E-state index contributed by atoms with van der Waals surface area (Å²) in [5, 5.41) is 17.0. The van der Waals surface area contributed by atoms with E-state index in [0.29, 0.717) is 5.69 Å². The van der Waals surface area contributed by atoms with Crippen LogP contribution in [0.4, 0.5) is 10.9 Å². The number of aryl methyl sites for hydroxylation is 1. The predicted molar refractivity (Wildman–Crippen MR) is 90.2 cm³/mol. The number of carbonyl (C=O) groups excluding carboxylic acids is 1. The molecule has 0 radical (unpaired) electrons. The van der Waals surface area contributed by atoms with Crippen molar-refractivity contribution in [1.82, 2.24) is 5.16 Å². The third-order valence-corrected chi connectivity index (χ3v) is 4.44. The van der Waals surface area contributed by atoms with Crippen LogP contribution in [-0.2, 0) is 6.42 Å². The quantitative estimate of drug-likeness (QED) is 0.555. The lowest BCUT2D eigenvalue weighted by molar-refractivity contribution is -0.380. The summed E-state index contributed by atoms with van der Waals surface area (Å²) in [5.41, 5.74) is 2.70. The molecule has 2 aromatic heterocycles. The van der Waals surface area contributed by atoms with Crippen molar-refractivity contribution < 1.29 is 14.2 Å². The zero-order chi connectivity index (χ0) is 17.1. The van der Waals surface area contributed by atoms with Crippen LogP contribution < -0.4 is 5.32 Å². The van der Waals surface area contributed by atoms with Gasteiger partial charge in [-0.15, -0.1) is 0 Å². The summed E-state index contributed by atoms with van der Waals surface area (Å²) in [4.78, 5) is 22.4. The minimum absolute atomic E-state index is 0.0885. The van der Waals surface area contributed by atoms with Crippen LogP contribution in [0.1, 0.15) is 22.2 Å². The van der Waals surface area contributed by atoms with Gasteiger partial charge < -0.3 is 4.52 Å². The molecule has 0 saturated carbocycles. The van der Waals surface area contributed by atoms with Crippen LogP contribution >= 0.6 is 11.3 Å². The predicted octanol–water partition coefficient (Wildman–Crippen LogP) is 4.13. The fraction of sp³-hybridized carbons (Fsp3) is 0.125. The fourth-order valence-corrected chi connectivity index (χ4v) is 2.82. The Bertz CT molecular complexity index is 883. The van der Waals surface area contributed by atoms with Crippen molar-refractivity contribution in [3.63, 3.8) is 0 Å². The molecule has 1 aromatic carbocycles. The molecule has 122 valence electrons. The summed E-state index contributed by atoms with van der Waals surface area (Å²) in [6.45, 7) is 2.08. The van der Waals surface area contributed by atoms with E-state index in [4.69, 9.17) is 4.52 Å². The van der Waals surface area contributed by atoms with Gasteiger partial charge in [-0.2, -0.15) is 0 Å². The first-order valence-corrected chi connectivity index (χ1v) is 8.00. The Balaban J connectivity index is 1.72. The van der Waals surface area contributed by atoms with Gasteiger partial charge >= 0.3 is 5.00 Å². The number of thiophene rings is 1. The summed E-state index contributed by atoms with van der Waals surface area (Å²) >= 11 is 0.802. The summed E-state index contributed by atoms with van der Waals surface area (Å²) in [6.07, 6.45) is 0.952. The van der Waals surface area contributed by atoms with E-state index in [9.17, 15) is 14.9 Å². The molecule has 0 bridgehead atoms. The summed E-state index contributed by atoms with van der Waals surface area (Å²) in [6, 6.07) is 12.2. The average Bonchev–Trinajstić information content (AvgIpc) is 3.24. The molecule has 1 N–H and O–H groups in total. The maximum Gasteiger partial charge on any atom is 0.324 e. The number of benzene rings is 1. The minimum atomic E-state index is -0.534. The molecule has 1 amide bonds. The van der Waals surface area contributed by atoms with Crippen molar-refractivity contribution in [3.8, 4) is 11.3 Å². The third-order valence-electron chi connectivity index (χ3n) is 3.40. The van der Waals surface area contributed by atoms with Crippen LogP contribution in [0.3, 0.4) is 0 Å². The van der Waals surface area contributed by atoms with E-state index in [1.54, 1.807) is 6.07 Å². The molecule has 0 unspecified atom stereocenters. The molecule has 2 heterocycles. The number of nitro groups is 1. The summed E-state index contributed by atoms with van der Waals surface area (Å²) in [5.74, 6) is -0.289. The van der Waals surface area contributed by atoms with E-state index in [0.717, 1.165) is 23.3 Å². The molecule has 0 spiro atoms. The van der Waals surface area contributed by atoms with Gasteiger partial charge in [-0.1, -0.05) is 47.7 Å². The molecule has 0 aliphatic carbocycles. The maximum atomic E-state index is 12.1. The van der Waals surface area contributed by atoms with E-state index in [-0.39, 0.29) is 15.8 Å². The normalized spacial score (nSPS) is 10.5. The zero-order valence-corrected chi connectivity index (χ0v) is 13.5. The molecule has 0 fully saturated rings. The number of carbonyl (C=O) groups is 1. The molecule has 0 saturated heterocycles. The van der Waals surface area contributed by atoms with E-state index < -0.39 is 10.8 Å². The second-order valence-corrected chi connectivity index (χ2v) is 6.04. The van der Waals surface area contributed by atoms with Gasteiger partial charge in [-0.05, 0) is 18.1 Å². The number of hydrogen-bond acceptors (Lipinski definition) is 6. The lowest BCUT2D eigenvalue weighted by Crippen LogP contribution is -2.09. The van der Waals surface area contributed by atoms with Crippen molar-refractivity contribution in [2.24, 2.45) is 0 Å². The van der Waals surface area contributed by atoms with Crippen molar-refractivity contribution >= 4 is 28.1 Å². The SMILES string of the molecule is CCc1ccc(-c2cc(NC(=O)c3ccc([N+](=O)[O-])s3)on2)cc1. The van der Waals surface area contributed by atoms with Crippen LogP contribution in [0, 0.1) is 10.1 Å². The summed E-state index contributed by atoms with van der Waals surface area (Å²) < 4.78 is 5.11. The van der Waals surface area contributed by atoms with Crippen LogP contribution in [0.15, 0.2) is 47.0 Å². The van der Waals surface area contributed by atoms with Gasteiger partial charge in [0.2, 0.25) is 5.88 Å². The molecule has 24 heavy (non-hydrogen) atoms. The molecule has 7 nitrogen and oxygen atoms in total. The van der Waals surface area contributed by atoms with Crippen LogP contribution in [0.2, 0.25) is 0 Å². The van der Waals surface area contributed by atoms with Gasteiger partial charge in [-0.25, -0.2) is 0 Å². The van der Waals surface area contributed by atoms with Crippen molar-refractivity contribution in [2.45, 2.75) is 13.3 Å². The number of hydrogen-bond donors (Lipinski definition) is 1. The van der Waals surface area contributed by atoms with Gasteiger partial charge in [0, 0.05) is 17.7 Å². The Hall–Kier alpha value is -3.00. The number of nitrogens with one attached hydrogen (secondary N) is 1. The molecule has 8 heteroatoms. The minimum Gasteiger partial charge on any atom is -0.338 e. The summed E-state index contributed by atoms with van der Waals surface area (Å²) in [7, 11) is 0. The highest BCUT2D eigenvalue weighted by molar-refractivity contribution is 7.17. The number of anilines is 1. The largest absolute Gasteiger partial charge is 0.338 e. The van der Waals surface area contributed by atoms with Crippen LogP contribution in [-0.4, -0.2) is 16.0 Å². The lowest BCUT2D eigenvalue weighted by atomic mass is 10.1. The molecule has 0 aliphatic rings. The first-order chi connectivity index (χ1) is 11.6. The Morgan fingerprint density at radius 1 is 1.29 bits per heavy atom. The van der Waals surface area contributed by atoms with E-state index in [2.05, 4.69) is 17.4 Å². The Kier molecular flexibility index (Phi) is 4.39. The van der Waals surface area contributed by atoms with E-state index in [1.165, 1.54) is 17.7 Å². The average molecular weight is 343 g/mol. The zero-order valence-electron chi connectivity index (χ0n) is 12.7. The first-order valence-electron chi connectivity index (χ1n) is 7.18. The number of nitrogens with zero attached hydrogens (tertiary/aromatic N) is 2. The van der Waals surface area contributed by atoms with Crippen LogP contribution in [0.25, 0.3) is 11.3 Å². The van der Waals surface area contributed by atoms with Gasteiger partial charge in [-0.3, -0.25) is 20.2 Å². The third kappa shape index (κ3) is 3.33. The smallest absolute Gasteiger partial charge is 0.324 e. The standard InChI is InChI=1S/C16H13N3O4S/c1-2-10-3-5-11(6-4-10)12-9-14(23-18-12)17-16(20)13-7-8-15(24-13)19(21)22/h3-9H,2H2,1H3,(H,17,20). The van der Waals surface area contributed by atoms with Gasteiger partial charge in [0.05, 0.1) is 9.80 Å². The van der Waals surface area contributed by atoms with Crippen LogP contribution in [0.5, 0.6) is 0 Å². The molecule has 0 aliphatic heterocycles. The number of rotatable bonds is 5. The number of amides is 1. The molecule has 0 atom stereocenters. The monoisotopic (exact) mass is 343 g/mol. The second kappa shape index (κ2) is 6.63. The second-order valence-electron chi connectivity index (χ2n) is 4.98. The highest BCUT2D eigenvalue weighted by Crippen LogP contribution is 2.26. The Morgan fingerprint density at radius 2 is 2.04 bits per heavy atom. The van der Waals surface area contributed by atoms with Gasteiger partial charge in [0.1, 0.15) is 5.69 Å². The van der Waals surface area contributed by atoms with Gasteiger partial charge in [0.15, 0.2) is 0 Å². The van der Waals surface area contributed by atoms with Crippen molar-refractivity contribution in [1.29, 1.82) is 0 Å². The van der Waals surface area contributed by atoms with Crippen molar-refractivity contribution in [2.75, 3.05) is 5.32 Å². The van der Waals surface area contributed by atoms with E-state index in [1.807, 2.05) is 24.3 Å². The highest BCUT2D eigenvalue weighted by atomic mass is 32.1. The Morgan fingerprint density at radius 3 is 2.67 bits per heavy atom. The fourth-order valence-electron chi connectivity index (χ4n) is 2.10. The lowest BCUT2D eigenvalue weighted by Gasteiger charge is -1.98. The van der Waals surface area contributed by atoms with E-state index >= 15 is 0 Å². The molecule has 3 rings (SSSR count). The highest BCUT2D eigenvalue weighted by Gasteiger charge is 2.17.